The highest BCUT2D eigenvalue weighted by molar-refractivity contribution is 7.98. The van der Waals surface area contributed by atoms with Crippen molar-refractivity contribution in [2.24, 2.45) is 5.84 Å². The fourth-order valence-corrected chi connectivity index (χ4v) is 2.94. The van der Waals surface area contributed by atoms with Crippen molar-refractivity contribution in [3.05, 3.63) is 40.3 Å². The minimum Gasteiger partial charge on any atom is -0.508 e. The van der Waals surface area contributed by atoms with Crippen LogP contribution >= 0.6 is 23.1 Å². The third-order valence-corrected chi connectivity index (χ3v) is 4.00. The lowest BCUT2D eigenvalue weighted by Gasteiger charge is -1.99. The molecule has 0 saturated heterocycles. The van der Waals surface area contributed by atoms with Crippen molar-refractivity contribution in [1.82, 2.24) is 10.4 Å². The fraction of sp³-hybridized carbons (Fsp3) is 0.0909. The van der Waals surface area contributed by atoms with Crippen LogP contribution < -0.4 is 11.3 Å². The summed E-state index contributed by atoms with van der Waals surface area (Å²) in [6.45, 7) is 0. The predicted molar refractivity (Wildman–Crippen MR) is 71.4 cm³/mol. The average Bonchev–Trinajstić information content (AvgIpc) is 2.84. The molecule has 5 nitrogen and oxygen atoms in total. The van der Waals surface area contributed by atoms with Gasteiger partial charge in [0.2, 0.25) is 0 Å². The number of phenolic OH excluding ortho intramolecular Hbond substituents is 1. The SMILES string of the molecule is NNC(=O)c1nc(CSc2cccc(O)c2)cs1. The Morgan fingerprint density at radius 2 is 2.39 bits per heavy atom. The number of hydrogen-bond acceptors (Lipinski definition) is 6. The van der Waals surface area contributed by atoms with Crippen LogP contribution in [0.25, 0.3) is 0 Å². The van der Waals surface area contributed by atoms with Gasteiger partial charge in [0.15, 0.2) is 5.01 Å². The standard InChI is InChI=1S/C11H11N3O2S2/c12-14-10(16)11-13-7(6-18-11)5-17-9-3-1-2-8(15)4-9/h1-4,6,15H,5,12H2,(H,14,16). The second kappa shape index (κ2) is 5.85. The normalized spacial score (nSPS) is 10.3. The molecular weight excluding hydrogens is 270 g/mol. The van der Waals surface area contributed by atoms with Crippen molar-refractivity contribution >= 4 is 29.0 Å². The molecule has 0 saturated carbocycles. The zero-order chi connectivity index (χ0) is 13.0. The van der Waals surface area contributed by atoms with Crippen LogP contribution in [0.5, 0.6) is 5.75 Å². The molecule has 1 aromatic heterocycles. The summed E-state index contributed by atoms with van der Waals surface area (Å²) < 4.78 is 0. The van der Waals surface area contributed by atoms with Crippen LogP contribution in [0.2, 0.25) is 0 Å². The van der Waals surface area contributed by atoms with Gasteiger partial charge in [0.25, 0.3) is 5.91 Å². The van der Waals surface area contributed by atoms with Gasteiger partial charge in [-0.3, -0.25) is 10.2 Å². The summed E-state index contributed by atoms with van der Waals surface area (Å²) in [5.41, 5.74) is 2.86. The minimum absolute atomic E-state index is 0.237. The van der Waals surface area contributed by atoms with E-state index in [-0.39, 0.29) is 11.7 Å². The number of aromatic hydroxyl groups is 1. The maximum Gasteiger partial charge on any atom is 0.294 e. The van der Waals surface area contributed by atoms with Crippen LogP contribution in [-0.2, 0) is 5.75 Å². The Kier molecular flexibility index (Phi) is 4.19. The number of amides is 1. The van der Waals surface area contributed by atoms with Gasteiger partial charge in [0.05, 0.1) is 5.69 Å². The fourth-order valence-electron chi connectivity index (χ4n) is 1.27. The number of aromatic nitrogens is 1. The highest BCUT2D eigenvalue weighted by Crippen LogP contribution is 2.26. The number of thioether (sulfide) groups is 1. The van der Waals surface area contributed by atoms with E-state index in [9.17, 15) is 9.90 Å². The topological polar surface area (TPSA) is 88.2 Å². The number of nitrogens with zero attached hydrogens (tertiary/aromatic N) is 1. The lowest BCUT2D eigenvalue weighted by molar-refractivity contribution is 0.0953. The van der Waals surface area contributed by atoms with Crippen molar-refractivity contribution in [3.63, 3.8) is 0 Å². The Bertz CT molecular complexity index is 557. The second-order valence-electron chi connectivity index (χ2n) is 3.40. The van der Waals surface area contributed by atoms with E-state index in [2.05, 4.69) is 4.98 Å². The van der Waals surface area contributed by atoms with E-state index >= 15 is 0 Å². The molecule has 1 aromatic carbocycles. The molecule has 0 spiro atoms. The van der Waals surface area contributed by atoms with Crippen LogP contribution in [0, 0.1) is 0 Å². The molecule has 4 N–H and O–H groups in total. The van der Waals surface area contributed by atoms with Gasteiger partial charge in [-0.2, -0.15) is 0 Å². The molecule has 2 aromatic rings. The summed E-state index contributed by atoms with van der Waals surface area (Å²) in [6, 6.07) is 7.00. The molecule has 18 heavy (non-hydrogen) atoms. The quantitative estimate of drug-likeness (QED) is 0.344. The summed E-state index contributed by atoms with van der Waals surface area (Å²) in [7, 11) is 0. The Morgan fingerprint density at radius 3 is 3.11 bits per heavy atom. The number of nitrogens with two attached hydrogens (primary N) is 1. The van der Waals surface area contributed by atoms with Gasteiger partial charge in [-0.05, 0) is 18.2 Å². The molecular formula is C11H11N3O2S2. The summed E-state index contributed by atoms with van der Waals surface area (Å²) in [6.07, 6.45) is 0. The first kappa shape index (κ1) is 12.9. The summed E-state index contributed by atoms with van der Waals surface area (Å²) in [4.78, 5) is 16.3. The van der Waals surface area contributed by atoms with Crippen LogP contribution in [0.15, 0.2) is 34.5 Å². The van der Waals surface area contributed by atoms with Crippen molar-refractivity contribution < 1.29 is 9.90 Å². The maximum atomic E-state index is 11.2. The van der Waals surface area contributed by atoms with Crippen LogP contribution in [-0.4, -0.2) is 16.0 Å². The third kappa shape index (κ3) is 3.22. The summed E-state index contributed by atoms with van der Waals surface area (Å²) in [5, 5.41) is 11.5. The van der Waals surface area contributed by atoms with E-state index in [1.807, 2.05) is 16.9 Å². The Balaban J connectivity index is 1.98. The van der Waals surface area contributed by atoms with E-state index < -0.39 is 0 Å². The van der Waals surface area contributed by atoms with Crippen molar-refractivity contribution in [1.29, 1.82) is 0 Å². The van der Waals surface area contributed by atoms with Crippen molar-refractivity contribution in [2.75, 3.05) is 0 Å². The molecule has 2 rings (SSSR count). The van der Waals surface area contributed by atoms with E-state index in [0.29, 0.717) is 10.8 Å². The number of carbonyl (C=O) groups is 1. The number of thiazole rings is 1. The lowest BCUT2D eigenvalue weighted by atomic mass is 10.3. The first-order valence-corrected chi connectivity index (χ1v) is 6.93. The molecule has 0 atom stereocenters. The molecule has 0 fully saturated rings. The number of benzene rings is 1. The molecule has 0 aliphatic heterocycles. The molecule has 94 valence electrons. The Morgan fingerprint density at radius 1 is 1.56 bits per heavy atom. The number of hydrogen-bond donors (Lipinski definition) is 3. The summed E-state index contributed by atoms with van der Waals surface area (Å²) >= 11 is 2.80. The molecule has 1 heterocycles. The predicted octanol–water partition coefficient (Wildman–Crippen LogP) is 1.74. The molecule has 0 aliphatic rings. The van der Waals surface area contributed by atoms with E-state index in [1.54, 1.807) is 30.0 Å². The third-order valence-electron chi connectivity index (χ3n) is 2.08. The van der Waals surface area contributed by atoms with Crippen molar-refractivity contribution in [2.45, 2.75) is 10.6 Å². The van der Waals surface area contributed by atoms with E-state index in [4.69, 9.17) is 5.84 Å². The first-order chi connectivity index (χ1) is 8.69. The largest absolute Gasteiger partial charge is 0.508 e. The first-order valence-electron chi connectivity index (χ1n) is 5.06. The molecule has 7 heteroatoms. The highest BCUT2D eigenvalue weighted by Gasteiger charge is 2.09. The Hall–Kier alpha value is -1.57. The molecule has 0 radical (unpaired) electrons. The number of carbonyl (C=O) groups excluding carboxylic acids is 1. The van der Waals surface area contributed by atoms with Gasteiger partial charge in [0, 0.05) is 16.0 Å². The monoisotopic (exact) mass is 281 g/mol. The van der Waals surface area contributed by atoms with Crippen LogP contribution in [0.3, 0.4) is 0 Å². The van der Waals surface area contributed by atoms with E-state index in [1.165, 1.54) is 11.3 Å². The van der Waals surface area contributed by atoms with E-state index in [0.717, 1.165) is 10.6 Å². The lowest BCUT2D eigenvalue weighted by Crippen LogP contribution is -2.29. The van der Waals surface area contributed by atoms with Gasteiger partial charge >= 0.3 is 0 Å². The summed E-state index contributed by atoms with van der Waals surface area (Å²) in [5.74, 6) is 5.52. The van der Waals surface area contributed by atoms with Gasteiger partial charge in [-0.25, -0.2) is 10.8 Å². The molecule has 0 bridgehead atoms. The zero-order valence-electron chi connectivity index (χ0n) is 9.29. The minimum atomic E-state index is -0.381. The Labute approximate surface area is 112 Å². The van der Waals surface area contributed by atoms with Crippen LogP contribution in [0.4, 0.5) is 0 Å². The van der Waals surface area contributed by atoms with Gasteiger partial charge < -0.3 is 5.11 Å². The molecule has 0 aliphatic carbocycles. The van der Waals surface area contributed by atoms with Crippen LogP contribution in [0.1, 0.15) is 15.5 Å². The maximum absolute atomic E-state index is 11.2. The molecule has 0 unspecified atom stereocenters. The van der Waals surface area contributed by atoms with Gasteiger partial charge in [0.1, 0.15) is 5.75 Å². The number of hydrazine groups is 1. The highest BCUT2D eigenvalue weighted by atomic mass is 32.2. The smallest absolute Gasteiger partial charge is 0.294 e. The second-order valence-corrected chi connectivity index (χ2v) is 5.31. The zero-order valence-corrected chi connectivity index (χ0v) is 10.9. The van der Waals surface area contributed by atoms with Crippen molar-refractivity contribution in [3.8, 4) is 5.75 Å². The van der Waals surface area contributed by atoms with Gasteiger partial charge in [-0.1, -0.05) is 6.07 Å². The number of rotatable bonds is 4. The molecule has 1 amide bonds. The number of nitrogens with one attached hydrogen (secondary N) is 1. The average molecular weight is 281 g/mol. The van der Waals surface area contributed by atoms with Gasteiger partial charge in [-0.15, -0.1) is 23.1 Å². The number of nitrogen functional groups attached to an aromatic ring is 1. The number of phenols is 1.